The number of nitrogens with one attached hydrogen (secondary N) is 3. The third-order valence-corrected chi connectivity index (χ3v) is 4.69. The van der Waals surface area contributed by atoms with E-state index in [1.54, 1.807) is 14.2 Å². The quantitative estimate of drug-likeness (QED) is 0.743. The number of rotatable bonds is 6. The molecule has 0 aromatic heterocycles. The number of hydrazine groups is 1. The maximum atomic E-state index is 12.6. The summed E-state index contributed by atoms with van der Waals surface area (Å²) in [7, 11) is 3.25. The lowest BCUT2D eigenvalue weighted by molar-refractivity contribution is -0.123. The van der Waals surface area contributed by atoms with Gasteiger partial charge in [-0.1, -0.05) is 36.4 Å². The van der Waals surface area contributed by atoms with Gasteiger partial charge in [-0.25, -0.2) is 10.9 Å². The molecular formula is C20H25N3O3. The van der Waals surface area contributed by atoms with Gasteiger partial charge in [0, 0.05) is 11.6 Å². The molecule has 2 aromatic carbocycles. The average molecular weight is 355 g/mol. The fourth-order valence-electron chi connectivity index (χ4n) is 3.18. The molecular weight excluding hydrogens is 330 g/mol. The predicted molar refractivity (Wildman–Crippen MR) is 100.0 cm³/mol. The highest BCUT2D eigenvalue weighted by Crippen LogP contribution is 2.33. The van der Waals surface area contributed by atoms with Crippen LogP contribution in [0.25, 0.3) is 0 Å². The zero-order chi connectivity index (χ0) is 18.5. The van der Waals surface area contributed by atoms with Gasteiger partial charge in [-0.05, 0) is 25.0 Å². The number of carbonyl (C=O) groups is 1. The minimum absolute atomic E-state index is 0.0152. The second-order valence-corrected chi connectivity index (χ2v) is 6.38. The van der Waals surface area contributed by atoms with Gasteiger partial charge >= 0.3 is 0 Å². The van der Waals surface area contributed by atoms with Gasteiger partial charge in [0.05, 0.1) is 26.3 Å². The fourth-order valence-corrected chi connectivity index (χ4v) is 3.18. The van der Waals surface area contributed by atoms with Crippen molar-refractivity contribution in [3.8, 4) is 11.5 Å². The largest absolute Gasteiger partial charge is 0.497 e. The third-order valence-electron chi connectivity index (χ3n) is 4.69. The topological polar surface area (TPSA) is 71.6 Å². The van der Waals surface area contributed by atoms with E-state index in [0.717, 1.165) is 22.6 Å². The number of ether oxygens (including phenoxy) is 2. The molecule has 138 valence electrons. The van der Waals surface area contributed by atoms with Crippen LogP contribution < -0.4 is 25.6 Å². The SMILES string of the molecule is COc1ccc(C2CC(C(=O)NC(C)c3ccccc3)NN2)c(OC)c1. The number of hydrogen-bond donors (Lipinski definition) is 3. The van der Waals surface area contributed by atoms with E-state index < -0.39 is 0 Å². The van der Waals surface area contributed by atoms with E-state index in [4.69, 9.17) is 9.47 Å². The monoisotopic (exact) mass is 355 g/mol. The van der Waals surface area contributed by atoms with Crippen LogP contribution in [0.2, 0.25) is 0 Å². The van der Waals surface area contributed by atoms with Crippen LogP contribution in [0.1, 0.15) is 36.6 Å². The Morgan fingerprint density at radius 3 is 2.58 bits per heavy atom. The van der Waals surface area contributed by atoms with E-state index >= 15 is 0 Å². The molecule has 3 atom stereocenters. The molecule has 1 heterocycles. The lowest BCUT2D eigenvalue weighted by atomic mass is 10.00. The highest BCUT2D eigenvalue weighted by Gasteiger charge is 2.32. The molecule has 0 saturated carbocycles. The molecule has 3 N–H and O–H groups in total. The number of benzene rings is 2. The fraction of sp³-hybridized carbons (Fsp3) is 0.350. The van der Waals surface area contributed by atoms with Crippen molar-refractivity contribution in [3.63, 3.8) is 0 Å². The highest BCUT2D eigenvalue weighted by molar-refractivity contribution is 5.82. The van der Waals surface area contributed by atoms with Gasteiger partial charge in [0.25, 0.3) is 0 Å². The summed E-state index contributed by atoms with van der Waals surface area (Å²) in [6.45, 7) is 1.99. The van der Waals surface area contributed by atoms with E-state index in [2.05, 4.69) is 16.2 Å². The van der Waals surface area contributed by atoms with E-state index in [1.165, 1.54) is 0 Å². The molecule has 1 aliphatic heterocycles. The van der Waals surface area contributed by atoms with Gasteiger partial charge in [0.15, 0.2) is 0 Å². The molecule has 6 heteroatoms. The van der Waals surface area contributed by atoms with Crippen molar-refractivity contribution in [2.24, 2.45) is 0 Å². The van der Waals surface area contributed by atoms with Gasteiger partial charge in [0.1, 0.15) is 17.5 Å². The molecule has 2 aromatic rings. The molecule has 1 fully saturated rings. The Bertz CT molecular complexity index is 751. The molecule has 0 radical (unpaired) electrons. The maximum absolute atomic E-state index is 12.6. The van der Waals surface area contributed by atoms with Crippen LogP contribution >= 0.6 is 0 Å². The van der Waals surface area contributed by atoms with Crippen molar-refractivity contribution in [2.75, 3.05) is 14.2 Å². The zero-order valence-electron chi connectivity index (χ0n) is 15.3. The van der Waals surface area contributed by atoms with E-state index in [0.29, 0.717) is 6.42 Å². The van der Waals surface area contributed by atoms with Crippen LogP contribution in [0.4, 0.5) is 0 Å². The van der Waals surface area contributed by atoms with Crippen molar-refractivity contribution in [1.29, 1.82) is 0 Å². The summed E-state index contributed by atoms with van der Waals surface area (Å²) >= 11 is 0. The van der Waals surface area contributed by atoms with Crippen LogP contribution in [0, 0.1) is 0 Å². The van der Waals surface area contributed by atoms with Crippen LogP contribution in [0.15, 0.2) is 48.5 Å². The second-order valence-electron chi connectivity index (χ2n) is 6.38. The molecule has 1 aliphatic rings. The van der Waals surface area contributed by atoms with Crippen LogP contribution in [0.3, 0.4) is 0 Å². The summed E-state index contributed by atoms with van der Waals surface area (Å²) in [5, 5.41) is 3.06. The van der Waals surface area contributed by atoms with Crippen LogP contribution in [-0.2, 0) is 4.79 Å². The average Bonchev–Trinajstić information content (AvgIpc) is 3.18. The van der Waals surface area contributed by atoms with E-state index in [1.807, 2.05) is 55.5 Å². The minimum atomic E-state index is -0.307. The predicted octanol–water partition coefficient (Wildman–Crippen LogP) is 2.49. The lowest BCUT2D eigenvalue weighted by Crippen LogP contribution is -2.43. The first-order valence-electron chi connectivity index (χ1n) is 8.70. The zero-order valence-corrected chi connectivity index (χ0v) is 15.3. The molecule has 1 amide bonds. The number of amides is 1. The van der Waals surface area contributed by atoms with E-state index in [-0.39, 0.29) is 24.0 Å². The van der Waals surface area contributed by atoms with Crippen LogP contribution in [-0.4, -0.2) is 26.2 Å². The molecule has 3 rings (SSSR count). The molecule has 26 heavy (non-hydrogen) atoms. The summed E-state index contributed by atoms with van der Waals surface area (Å²) in [5.74, 6) is 1.45. The summed E-state index contributed by atoms with van der Waals surface area (Å²) < 4.78 is 10.7. The Labute approximate surface area is 153 Å². The maximum Gasteiger partial charge on any atom is 0.239 e. The summed E-state index contributed by atoms with van der Waals surface area (Å²) in [6.07, 6.45) is 0.635. The van der Waals surface area contributed by atoms with Gasteiger partial charge in [-0.2, -0.15) is 0 Å². The minimum Gasteiger partial charge on any atom is -0.497 e. The summed E-state index contributed by atoms with van der Waals surface area (Å²) in [6, 6.07) is 15.3. The van der Waals surface area contributed by atoms with Gasteiger partial charge in [0.2, 0.25) is 5.91 Å². The molecule has 0 spiro atoms. The van der Waals surface area contributed by atoms with Crippen LogP contribution in [0.5, 0.6) is 11.5 Å². The molecule has 0 aliphatic carbocycles. The summed E-state index contributed by atoms with van der Waals surface area (Å²) in [5.41, 5.74) is 8.37. The van der Waals surface area contributed by atoms with Crippen molar-refractivity contribution in [3.05, 3.63) is 59.7 Å². The highest BCUT2D eigenvalue weighted by atomic mass is 16.5. The number of hydrogen-bond acceptors (Lipinski definition) is 5. The normalized spacial score (nSPS) is 20.4. The first-order chi connectivity index (χ1) is 12.6. The van der Waals surface area contributed by atoms with Gasteiger partial charge in [-0.15, -0.1) is 0 Å². The number of methoxy groups -OCH3 is 2. The molecule has 0 bridgehead atoms. The van der Waals surface area contributed by atoms with Gasteiger partial charge in [-0.3, -0.25) is 4.79 Å². The Hall–Kier alpha value is -2.57. The van der Waals surface area contributed by atoms with Crippen molar-refractivity contribution in [1.82, 2.24) is 16.2 Å². The standard InChI is InChI=1S/C20H25N3O3/c1-13(14-7-5-4-6-8-14)21-20(24)18-12-17(22-23-18)16-10-9-15(25-2)11-19(16)26-3/h4-11,13,17-18,22-23H,12H2,1-3H3,(H,21,24). The number of carbonyl (C=O) groups excluding carboxylic acids is 1. The first kappa shape index (κ1) is 18.2. The smallest absolute Gasteiger partial charge is 0.239 e. The Kier molecular flexibility index (Phi) is 5.75. The third kappa shape index (κ3) is 3.98. The molecule has 6 nitrogen and oxygen atoms in total. The van der Waals surface area contributed by atoms with Crippen molar-refractivity contribution >= 4 is 5.91 Å². The lowest BCUT2D eigenvalue weighted by Gasteiger charge is -2.17. The molecule has 3 unspecified atom stereocenters. The Balaban J connectivity index is 1.64. The molecule has 1 saturated heterocycles. The summed E-state index contributed by atoms with van der Waals surface area (Å²) in [4.78, 5) is 12.6. The van der Waals surface area contributed by atoms with Crippen molar-refractivity contribution in [2.45, 2.75) is 31.5 Å². The first-order valence-corrected chi connectivity index (χ1v) is 8.70. The van der Waals surface area contributed by atoms with E-state index in [9.17, 15) is 4.79 Å². The van der Waals surface area contributed by atoms with Gasteiger partial charge < -0.3 is 14.8 Å². The van der Waals surface area contributed by atoms with Crippen molar-refractivity contribution < 1.29 is 14.3 Å². The Morgan fingerprint density at radius 1 is 1.12 bits per heavy atom. The Morgan fingerprint density at radius 2 is 1.88 bits per heavy atom. The second kappa shape index (κ2) is 8.21.